The molecule has 9 heteroatoms. The molecule has 184 valence electrons. The molecule has 2 aromatic carbocycles. The van der Waals surface area contributed by atoms with Gasteiger partial charge >= 0.3 is 6.18 Å². The highest BCUT2D eigenvalue weighted by Gasteiger charge is 2.40. The molecule has 35 heavy (non-hydrogen) atoms. The number of carbonyl (C=O) groups is 2. The largest absolute Gasteiger partial charge is 0.493 e. The van der Waals surface area contributed by atoms with Crippen molar-refractivity contribution in [2.24, 2.45) is 0 Å². The number of benzene rings is 2. The normalized spacial score (nSPS) is 18.1. The number of Topliss-reactive ketones (excluding diaryl/α,β-unsaturated/α-hetero) is 1. The van der Waals surface area contributed by atoms with Crippen LogP contribution in [0.25, 0.3) is 0 Å². The average Bonchev–Trinajstić information content (AvgIpc) is 2.82. The molecule has 2 aromatic rings. The lowest BCUT2D eigenvalue weighted by Gasteiger charge is -2.35. The van der Waals surface area contributed by atoms with Crippen LogP contribution in [0.4, 0.5) is 18.9 Å². The van der Waals surface area contributed by atoms with Gasteiger partial charge < -0.3 is 20.1 Å². The standard InChI is InChI=1S/C26H25F3N2O4/c1-14-21(25(33)31-16-8-4-7-15(13-16)26(27,28)29)22(23-18(30-14)10-6-11-19(23)32)17-9-5-12-20(34-2)24(17)35-3/h4-5,7-9,12-13,22,30H,6,10-11H2,1-3H3,(H,31,33). The van der Waals surface area contributed by atoms with Crippen LogP contribution in [0.2, 0.25) is 0 Å². The summed E-state index contributed by atoms with van der Waals surface area (Å²) in [6.45, 7) is 1.71. The van der Waals surface area contributed by atoms with Gasteiger partial charge in [0.15, 0.2) is 17.3 Å². The highest BCUT2D eigenvalue weighted by Crippen LogP contribution is 2.47. The number of amides is 1. The second kappa shape index (κ2) is 9.48. The molecular formula is C26H25F3N2O4. The van der Waals surface area contributed by atoms with Crippen molar-refractivity contribution in [2.45, 2.75) is 38.3 Å². The van der Waals surface area contributed by atoms with E-state index in [-0.39, 0.29) is 17.0 Å². The third-order valence-electron chi connectivity index (χ3n) is 6.21. The van der Waals surface area contributed by atoms with Crippen LogP contribution in [0.15, 0.2) is 65.0 Å². The molecule has 6 nitrogen and oxygen atoms in total. The Hall–Kier alpha value is -3.75. The lowest BCUT2D eigenvalue weighted by molar-refractivity contribution is -0.137. The van der Waals surface area contributed by atoms with E-state index in [4.69, 9.17) is 9.47 Å². The van der Waals surface area contributed by atoms with E-state index >= 15 is 0 Å². The van der Waals surface area contributed by atoms with Gasteiger partial charge in [0.1, 0.15) is 0 Å². The number of hydrogen-bond donors (Lipinski definition) is 2. The van der Waals surface area contributed by atoms with Crippen LogP contribution in [-0.4, -0.2) is 25.9 Å². The predicted octanol–water partition coefficient (Wildman–Crippen LogP) is 5.33. The number of para-hydroxylation sites is 1. The highest BCUT2D eigenvalue weighted by molar-refractivity contribution is 6.10. The molecule has 0 saturated carbocycles. The van der Waals surface area contributed by atoms with Crippen molar-refractivity contribution in [2.75, 3.05) is 19.5 Å². The molecule has 4 rings (SSSR count). The molecule has 1 aliphatic carbocycles. The number of allylic oxidation sites excluding steroid dienone is 3. The van der Waals surface area contributed by atoms with Crippen LogP contribution < -0.4 is 20.1 Å². The number of hydrogen-bond acceptors (Lipinski definition) is 5. The van der Waals surface area contributed by atoms with Crippen LogP contribution in [0.1, 0.15) is 43.2 Å². The Labute approximate surface area is 200 Å². The summed E-state index contributed by atoms with van der Waals surface area (Å²) in [7, 11) is 2.96. The van der Waals surface area contributed by atoms with Crippen molar-refractivity contribution in [1.29, 1.82) is 0 Å². The van der Waals surface area contributed by atoms with E-state index in [9.17, 15) is 22.8 Å². The zero-order valence-electron chi connectivity index (χ0n) is 19.5. The zero-order chi connectivity index (χ0) is 25.3. The summed E-state index contributed by atoms with van der Waals surface area (Å²) in [6.07, 6.45) is -2.88. The third-order valence-corrected chi connectivity index (χ3v) is 6.21. The second-order valence-corrected chi connectivity index (χ2v) is 8.38. The molecule has 1 atom stereocenters. The molecule has 0 spiro atoms. The van der Waals surface area contributed by atoms with Crippen molar-refractivity contribution in [3.8, 4) is 11.5 Å². The molecule has 1 amide bonds. The van der Waals surface area contributed by atoms with Crippen LogP contribution >= 0.6 is 0 Å². The van der Waals surface area contributed by atoms with Gasteiger partial charge in [0.2, 0.25) is 0 Å². The van der Waals surface area contributed by atoms with Crippen LogP contribution in [0, 0.1) is 0 Å². The zero-order valence-corrected chi connectivity index (χ0v) is 19.5. The monoisotopic (exact) mass is 486 g/mol. The molecule has 0 fully saturated rings. The van der Waals surface area contributed by atoms with E-state index in [1.165, 1.54) is 26.4 Å². The summed E-state index contributed by atoms with van der Waals surface area (Å²) >= 11 is 0. The summed E-state index contributed by atoms with van der Waals surface area (Å²) in [4.78, 5) is 26.7. The quantitative estimate of drug-likeness (QED) is 0.598. The molecule has 2 aliphatic rings. The number of rotatable bonds is 5. The highest BCUT2D eigenvalue weighted by atomic mass is 19.4. The van der Waals surface area contributed by atoms with Gasteiger partial charge in [-0.1, -0.05) is 18.2 Å². The fourth-order valence-corrected chi connectivity index (χ4v) is 4.71. The SMILES string of the molecule is COc1cccc(C2C(C(=O)Nc3cccc(C(F)(F)F)c3)=C(C)NC3=C2C(=O)CCC3)c1OC. The summed E-state index contributed by atoms with van der Waals surface area (Å²) in [5, 5.41) is 5.78. The van der Waals surface area contributed by atoms with Gasteiger partial charge in [-0.05, 0) is 44.0 Å². The van der Waals surface area contributed by atoms with E-state index in [0.29, 0.717) is 47.6 Å². The number of anilines is 1. The van der Waals surface area contributed by atoms with Crippen LogP contribution in [0.5, 0.6) is 11.5 Å². The Kier molecular flexibility index (Phi) is 6.60. The number of nitrogens with one attached hydrogen (secondary N) is 2. The Morgan fingerprint density at radius 3 is 2.51 bits per heavy atom. The molecule has 0 aromatic heterocycles. The Morgan fingerprint density at radius 2 is 1.83 bits per heavy atom. The minimum atomic E-state index is -4.55. The number of halogens is 3. The maximum Gasteiger partial charge on any atom is 0.416 e. The second-order valence-electron chi connectivity index (χ2n) is 8.38. The van der Waals surface area contributed by atoms with E-state index in [1.54, 1.807) is 25.1 Å². The first kappa shape index (κ1) is 24.4. The van der Waals surface area contributed by atoms with Crippen molar-refractivity contribution >= 4 is 17.4 Å². The minimum Gasteiger partial charge on any atom is -0.493 e. The number of methoxy groups -OCH3 is 2. The molecule has 0 bridgehead atoms. The topological polar surface area (TPSA) is 76.7 Å². The van der Waals surface area contributed by atoms with Crippen LogP contribution in [-0.2, 0) is 15.8 Å². The van der Waals surface area contributed by atoms with Gasteiger partial charge in [0.05, 0.1) is 25.7 Å². The van der Waals surface area contributed by atoms with E-state index < -0.39 is 23.6 Å². The molecule has 0 saturated heterocycles. The number of carbonyl (C=O) groups excluding carboxylic acids is 2. The van der Waals surface area contributed by atoms with Gasteiger partial charge in [-0.15, -0.1) is 0 Å². The summed E-state index contributed by atoms with van der Waals surface area (Å²) in [5.41, 5.74) is 1.62. The molecule has 1 aliphatic heterocycles. The first-order valence-electron chi connectivity index (χ1n) is 11.1. The van der Waals surface area contributed by atoms with Crippen LogP contribution in [0.3, 0.4) is 0 Å². The maximum atomic E-state index is 13.6. The molecule has 2 N–H and O–H groups in total. The maximum absolute atomic E-state index is 13.6. The first-order chi connectivity index (χ1) is 16.7. The average molecular weight is 486 g/mol. The van der Waals surface area contributed by atoms with Gasteiger partial charge in [-0.2, -0.15) is 13.2 Å². The van der Waals surface area contributed by atoms with Gasteiger partial charge in [-0.3, -0.25) is 9.59 Å². The van der Waals surface area contributed by atoms with Gasteiger partial charge in [0.25, 0.3) is 5.91 Å². The van der Waals surface area contributed by atoms with E-state index in [1.807, 2.05) is 0 Å². The van der Waals surface area contributed by atoms with E-state index in [0.717, 1.165) is 17.8 Å². The third kappa shape index (κ3) is 4.62. The molecule has 0 radical (unpaired) electrons. The van der Waals surface area contributed by atoms with Crippen molar-refractivity contribution in [1.82, 2.24) is 5.32 Å². The fourth-order valence-electron chi connectivity index (χ4n) is 4.71. The number of dihydropyridines is 1. The van der Waals surface area contributed by atoms with Gasteiger partial charge in [0, 0.05) is 40.2 Å². The van der Waals surface area contributed by atoms with Crippen molar-refractivity contribution in [3.05, 3.63) is 76.1 Å². The van der Waals surface area contributed by atoms with E-state index in [2.05, 4.69) is 10.6 Å². The number of ether oxygens (including phenoxy) is 2. The lowest BCUT2D eigenvalue weighted by Crippen LogP contribution is -2.35. The summed E-state index contributed by atoms with van der Waals surface area (Å²) in [5.74, 6) is -0.678. The van der Waals surface area contributed by atoms with Crippen molar-refractivity contribution < 1.29 is 32.2 Å². The lowest BCUT2D eigenvalue weighted by atomic mass is 9.74. The molecule has 1 unspecified atom stereocenters. The molecule has 1 heterocycles. The number of ketones is 1. The summed E-state index contributed by atoms with van der Waals surface area (Å²) in [6, 6.07) is 9.63. The minimum absolute atomic E-state index is 0.00349. The number of alkyl halides is 3. The summed E-state index contributed by atoms with van der Waals surface area (Å²) < 4.78 is 50.6. The smallest absolute Gasteiger partial charge is 0.416 e. The first-order valence-corrected chi connectivity index (χ1v) is 11.1. The molecular weight excluding hydrogens is 461 g/mol. The predicted molar refractivity (Wildman–Crippen MR) is 124 cm³/mol. The Morgan fingerprint density at radius 1 is 1.09 bits per heavy atom. The Balaban J connectivity index is 1.82. The van der Waals surface area contributed by atoms with Crippen molar-refractivity contribution in [3.63, 3.8) is 0 Å². The Bertz CT molecular complexity index is 1250. The van der Waals surface area contributed by atoms with Gasteiger partial charge in [-0.25, -0.2) is 0 Å². The fraction of sp³-hybridized carbons (Fsp3) is 0.308.